The Kier molecular flexibility index (Phi) is 2.14. The molecule has 0 bridgehead atoms. The first-order chi connectivity index (χ1) is 4.62. The summed E-state index contributed by atoms with van der Waals surface area (Å²) in [5, 5.41) is 9.77. The summed E-state index contributed by atoms with van der Waals surface area (Å²) in [4.78, 5) is 0. The normalized spacial score (nSPS) is 32.0. The number of rotatable bonds is 2. The fourth-order valence-corrected chi connectivity index (χ4v) is 1.60. The van der Waals surface area contributed by atoms with Crippen molar-refractivity contribution in [1.29, 1.82) is 0 Å². The largest absolute Gasteiger partial charge is 0.386 e. The molecule has 0 radical (unpaired) electrons. The molecule has 0 aromatic rings. The van der Waals surface area contributed by atoms with Crippen LogP contribution in [-0.2, 0) is 0 Å². The molecule has 1 aliphatic rings. The SMILES string of the molecule is CC(C)CC1(O)C=CCC1. The minimum Gasteiger partial charge on any atom is -0.386 e. The van der Waals surface area contributed by atoms with Crippen LogP contribution >= 0.6 is 0 Å². The maximum atomic E-state index is 9.77. The van der Waals surface area contributed by atoms with Crippen LogP contribution in [0.2, 0.25) is 0 Å². The molecule has 1 rings (SSSR count). The Morgan fingerprint density at radius 2 is 2.30 bits per heavy atom. The zero-order chi connectivity index (χ0) is 7.61. The van der Waals surface area contributed by atoms with Crippen LogP contribution < -0.4 is 0 Å². The van der Waals surface area contributed by atoms with Crippen molar-refractivity contribution in [2.24, 2.45) is 5.92 Å². The van der Waals surface area contributed by atoms with E-state index in [4.69, 9.17) is 0 Å². The molecule has 0 aliphatic heterocycles. The molecule has 0 saturated carbocycles. The van der Waals surface area contributed by atoms with E-state index in [1.54, 1.807) is 0 Å². The van der Waals surface area contributed by atoms with Gasteiger partial charge in [0.1, 0.15) is 0 Å². The number of hydrogen-bond acceptors (Lipinski definition) is 1. The highest BCUT2D eigenvalue weighted by Gasteiger charge is 2.26. The number of aliphatic hydroxyl groups is 1. The summed E-state index contributed by atoms with van der Waals surface area (Å²) < 4.78 is 0. The van der Waals surface area contributed by atoms with Crippen LogP contribution in [0, 0.1) is 5.92 Å². The van der Waals surface area contributed by atoms with E-state index in [0.717, 1.165) is 19.3 Å². The van der Waals surface area contributed by atoms with Gasteiger partial charge in [-0.05, 0) is 25.2 Å². The summed E-state index contributed by atoms with van der Waals surface area (Å²) in [6, 6.07) is 0. The van der Waals surface area contributed by atoms with Crippen molar-refractivity contribution in [1.82, 2.24) is 0 Å². The molecule has 0 aromatic heterocycles. The van der Waals surface area contributed by atoms with Crippen molar-refractivity contribution in [2.75, 3.05) is 0 Å². The standard InChI is InChI=1S/C9H16O/c1-8(2)7-9(10)5-3-4-6-9/h3,5,8,10H,4,6-7H2,1-2H3. The summed E-state index contributed by atoms with van der Waals surface area (Å²) in [5.41, 5.74) is -0.464. The van der Waals surface area contributed by atoms with E-state index in [-0.39, 0.29) is 0 Å². The molecule has 1 heteroatoms. The topological polar surface area (TPSA) is 20.2 Å². The van der Waals surface area contributed by atoms with E-state index in [1.165, 1.54) is 0 Å². The Bertz CT molecular complexity index is 138. The molecule has 1 aliphatic carbocycles. The van der Waals surface area contributed by atoms with Gasteiger partial charge in [0, 0.05) is 0 Å². The molecule has 0 aromatic carbocycles. The Balaban J connectivity index is 2.44. The monoisotopic (exact) mass is 140 g/mol. The Morgan fingerprint density at radius 1 is 1.60 bits per heavy atom. The van der Waals surface area contributed by atoms with Gasteiger partial charge >= 0.3 is 0 Å². The molecule has 0 heterocycles. The van der Waals surface area contributed by atoms with Crippen LogP contribution in [0.1, 0.15) is 33.1 Å². The number of hydrogen-bond donors (Lipinski definition) is 1. The predicted octanol–water partition coefficient (Wildman–Crippen LogP) is 2.11. The molecule has 10 heavy (non-hydrogen) atoms. The molecule has 1 atom stereocenters. The van der Waals surface area contributed by atoms with Crippen LogP contribution in [0.4, 0.5) is 0 Å². The molecule has 1 N–H and O–H groups in total. The van der Waals surface area contributed by atoms with Gasteiger partial charge in [0.15, 0.2) is 0 Å². The quantitative estimate of drug-likeness (QED) is 0.582. The van der Waals surface area contributed by atoms with Gasteiger partial charge in [-0.1, -0.05) is 26.0 Å². The van der Waals surface area contributed by atoms with Gasteiger partial charge < -0.3 is 5.11 Å². The zero-order valence-electron chi connectivity index (χ0n) is 6.80. The lowest BCUT2D eigenvalue weighted by Gasteiger charge is -2.22. The second kappa shape index (κ2) is 2.75. The van der Waals surface area contributed by atoms with Gasteiger partial charge in [-0.3, -0.25) is 0 Å². The Hall–Kier alpha value is -0.300. The zero-order valence-corrected chi connectivity index (χ0v) is 6.80. The van der Waals surface area contributed by atoms with Crippen molar-refractivity contribution >= 4 is 0 Å². The van der Waals surface area contributed by atoms with Crippen LogP contribution in [-0.4, -0.2) is 10.7 Å². The fourth-order valence-electron chi connectivity index (χ4n) is 1.60. The van der Waals surface area contributed by atoms with Gasteiger partial charge in [-0.25, -0.2) is 0 Å². The number of allylic oxidation sites excluding steroid dienone is 1. The third-order valence-corrected chi connectivity index (χ3v) is 1.93. The van der Waals surface area contributed by atoms with Crippen LogP contribution in [0.15, 0.2) is 12.2 Å². The van der Waals surface area contributed by atoms with Crippen molar-refractivity contribution in [3.63, 3.8) is 0 Å². The van der Waals surface area contributed by atoms with Crippen LogP contribution in [0.25, 0.3) is 0 Å². The van der Waals surface area contributed by atoms with Gasteiger partial charge in [0.25, 0.3) is 0 Å². The van der Waals surface area contributed by atoms with Crippen molar-refractivity contribution in [3.05, 3.63) is 12.2 Å². The molecule has 1 unspecified atom stereocenters. The smallest absolute Gasteiger partial charge is 0.0833 e. The van der Waals surface area contributed by atoms with Gasteiger partial charge in [-0.2, -0.15) is 0 Å². The Morgan fingerprint density at radius 3 is 2.70 bits per heavy atom. The van der Waals surface area contributed by atoms with Crippen LogP contribution in [0.3, 0.4) is 0 Å². The highest BCUT2D eigenvalue weighted by atomic mass is 16.3. The third kappa shape index (κ3) is 1.84. The molecule has 1 nitrogen and oxygen atoms in total. The maximum absolute atomic E-state index is 9.77. The summed E-state index contributed by atoms with van der Waals surface area (Å²) in [5.74, 6) is 0.591. The molecule has 0 saturated heterocycles. The molecule has 0 fully saturated rings. The first-order valence-corrected chi connectivity index (χ1v) is 4.02. The average Bonchev–Trinajstić information content (AvgIpc) is 2.12. The molecule has 58 valence electrons. The lowest BCUT2D eigenvalue weighted by atomic mass is 9.92. The summed E-state index contributed by atoms with van der Waals surface area (Å²) in [7, 11) is 0. The highest BCUT2D eigenvalue weighted by molar-refractivity contribution is 5.08. The fraction of sp³-hybridized carbons (Fsp3) is 0.778. The summed E-state index contributed by atoms with van der Waals surface area (Å²) in [6.45, 7) is 4.29. The highest BCUT2D eigenvalue weighted by Crippen LogP contribution is 2.28. The van der Waals surface area contributed by atoms with Gasteiger partial charge in [0.2, 0.25) is 0 Å². The second-order valence-electron chi connectivity index (χ2n) is 3.64. The van der Waals surface area contributed by atoms with Gasteiger partial charge in [0.05, 0.1) is 5.60 Å². The maximum Gasteiger partial charge on any atom is 0.0833 e. The first kappa shape index (κ1) is 7.80. The average molecular weight is 140 g/mol. The minimum atomic E-state index is -0.464. The summed E-state index contributed by atoms with van der Waals surface area (Å²) in [6.07, 6.45) is 6.90. The van der Waals surface area contributed by atoms with E-state index in [2.05, 4.69) is 19.9 Å². The van der Waals surface area contributed by atoms with Crippen LogP contribution in [0.5, 0.6) is 0 Å². The molecular formula is C9H16O. The summed E-state index contributed by atoms with van der Waals surface area (Å²) >= 11 is 0. The second-order valence-corrected chi connectivity index (χ2v) is 3.64. The van der Waals surface area contributed by atoms with E-state index >= 15 is 0 Å². The van der Waals surface area contributed by atoms with Crippen molar-refractivity contribution in [2.45, 2.75) is 38.7 Å². The van der Waals surface area contributed by atoms with Gasteiger partial charge in [-0.15, -0.1) is 0 Å². The third-order valence-electron chi connectivity index (χ3n) is 1.93. The lowest BCUT2D eigenvalue weighted by molar-refractivity contribution is 0.0682. The Labute approximate surface area is 62.8 Å². The lowest BCUT2D eigenvalue weighted by Crippen LogP contribution is -2.24. The molecule has 0 amide bonds. The minimum absolute atomic E-state index is 0.464. The van der Waals surface area contributed by atoms with E-state index in [1.807, 2.05) is 6.08 Å². The van der Waals surface area contributed by atoms with E-state index < -0.39 is 5.60 Å². The molecular weight excluding hydrogens is 124 g/mol. The molecule has 0 spiro atoms. The van der Waals surface area contributed by atoms with Crippen molar-refractivity contribution < 1.29 is 5.11 Å². The van der Waals surface area contributed by atoms with E-state index in [0.29, 0.717) is 5.92 Å². The van der Waals surface area contributed by atoms with E-state index in [9.17, 15) is 5.11 Å². The first-order valence-electron chi connectivity index (χ1n) is 4.02. The predicted molar refractivity (Wildman–Crippen MR) is 42.8 cm³/mol. The van der Waals surface area contributed by atoms with Crippen molar-refractivity contribution in [3.8, 4) is 0 Å².